The molecule has 6 heteroatoms. The molecule has 0 aromatic heterocycles. The van der Waals surface area contributed by atoms with Crippen molar-refractivity contribution in [1.29, 1.82) is 0 Å². The minimum Gasteiger partial charge on any atom is -0.462 e. The van der Waals surface area contributed by atoms with Gasteiger partial charge >= 0.3 is 17.9 Å². The van der Waals surface area contributed by atoms with E-state index in [0.717, 1.165) is 64.2 Å². The molecule has 0 aliphatic rings. The van der Waals surface area contributed by atoms with Crippen LogP contribution in [-0.2, 0) is 28.6 Å². The molecule has 0 aromatic carbocycles. The number of carbonyl (C=O) groups excluding carboxylic acids is 3. The van der Waals surface area contributed by atoms with Gasteiger partial charge < -0.3 is 14.2 Å². The van der Waals surface area contributed by atoms with Gasteiger partial charge in [-0.3, -0.25) is 14.4 Å². The molecular formula is C46H86O6. The zero-order valence-electron chi connectivity index (χ0n) is 34.8. The van der Waals surface area contributed by atoms with E-state index in [4.69, 9.17) is 14.2 Å². The number of unbranched alkanes of at least 4 members (excludes halogenated alkanes) is 28. The van der Waals surface area contributed by atoms with Gasteiger partial charge in [0.1, 0.15) is 13.2 Å². The van der Waals surface area contributed by atoms with Crippen LogP contribution in [0, 0.1) is 0 Å². The minimum absolute atomic E-state index is 0.0698. The average Bonchev–Trinajstić information content (AvgIpc) is 3.14. The van der Waals surface area contributed by atoms with Crippen LogP contribution in [0.5, 0.6) is 0 Å². The predicted molar refractivity (Wildman–Crippen MR) is 220 cm³/mol. The molecule has 0 aromatic rings. The Balaban J connectivity index is 4.22. The van der Waals surface area contributed by atoms with Crippen LogP contribution in [0.2, 0.25) is 0 Å². The molecule has 0 saturated carbocycles. The van der Waals surface area contributed by atoms with Gasteiger partial charge in [-0.15, -0.1) is 0 Å². The van der Waals surface area contributed by atoms with Crippen LogP contribution in [0.3, 0.4) is 0 Å². The van der Waals surface area contributed by atoms with E-state index >= 15 is 0 Å². The molecule has 0 radical (unpaired) electrons. The number of carbonyl (C=O) groups is 3. The molecule has 1 atom stereocenters. The molecule has 0 aliphatic carbocycles. The summed E-state index contributed by atoms with van der Waals surface area (Å²) in [6.45, 7) is 6.56. The van der Waals surface area contributed by atoms with E-state index in [1.807, 2.05) is 0 Å². The number of esters is 3. The first-order valence-electron chi connectivity index (χ1n) is 22.7. The highest BCUT2D eigenvalue weighted by Gasteiger charge is 2.19. The number of hydrogen-bond acceptors (Lipinski definition) is 6. The summed E-state index contributed by atoms with van der Waals surface area (Å²) in [5.41, 5.74) is 0. The van der Waals surface area contributed by atoms with E-state index in [9.17, 15) is 14.4 Å². The zero-order valence-corrected chi connectivity index (χ0v) is 34.8. The maximum Gasteiger partial charge on any atom is 0.306 e. The average molecular weight is 735 g/mol. The summed E-state index contributed by atoms with van der Waals surface area (Å²) in [6, 6.07) is 0. The van der Waals surface area contributed by atoms with E-state index in [-0.39, 0.29) is 31.1 Å². The summed E-state index contributed by atoms with van der Waals surface area (Å²) in [5.74, 6) is -0.881. The second-order valence-electron chi connectivity index (χ2n) is 15.3. The third kappa shape index (κ3) is 39.4. The Bertz CT molecular complexity index is 809. The van der Waals surface area contributed by atoms with Gasteiger partial charge in [0.2, 0.25) is 0 Å². The summed E-state index contributed by atoms with van der Waals surface area (Å²) in [5, 5.41) is 0. The summed E-state index contributed by atoms with van der Waals surface area (Å²) in [4.78, 5) is 37.5. The highest BCUT2D eigenvalue weighted by atomic mass is 16.6. The summed E-state index contributed by atoms with van der Waals surface area (Å²) < 4.78 is 16.6. The minimum atomic E-state index is -0.764. The van der Waals surface area contributed by atoms with Crippen molar-refractivity contribution in [2.45, 2.75) is 252 Å². The number of ether oxygens (including phenoxy) is 3. The Morgan fingerprint density at radius 3 is 1.00 bits per heavy atom. The van der Waals surface area contributed by atoms with Crippen molar-refractivity contribution in [2.75, 3.05) is 13.2 Å². The van der Waals surface area contributed by atoms with Crippen LogP contribution in [0.4, 0.5) is 0 Å². The van der Waals surface area contributed by atoms with Gasteiger partial charge in [0, 0.05) is 19.3 Å². The third-order valence-corrected chi connectivity index (χ3v) is 10.0. The van der Waals surface area contributed by atoms with Crippen LogP contribution in [0.15, 0.2) is 12.2 Å². The van der Waals surface area contributed by atoms with E-state index in [1.165, 1.54) is 141 Å². The zero-order chi connectivity index (χ0) is 38.0. The molecular weight excluding hydrogens is 648 g/mol. The molecule has 0 saturated heterocycles. The SMILES string of the molecule is CCCCC/C=C\CCCCCCCC(=O)OC(COC(=O)CCCCCCCC)COC(=O)CCCCCCCCCCCCCCCCCC. The Kier molecular flexibility index (Phi) is 40.4. The smallest absolute Gasteiger partial charge is 0.306 e. The lowest BCUT2D eigenvalue weighted by Crippen LogP contribution is -2.30. The van der Waals surface area contributed by atoms with Crippen molar-refractivity contribution >= 4 is 17.9 Å². The fourth-order valence-electron chi connectivity index (χ4n) is 6.55. The van der Waals surface area contributed by atoms with Crippen molar-refractivity contribution in [2.24, 2.45) is 0 Å². The molecule has 0 N–H and O–H groups in total. The Labute approximate surface area is 322 Å². The standard InChI is InChI=1S/C46H86O6/c1-4-7-10-13-16-18-20-22-23-24-25-27-28-30-33-36-39-45(48)51-42-43(41-50-44(47)38-35-32-15-12-9-6-3)52-46(49)40-37-34-31-29-26-21-19-17-14-11-8-5-2/h17,19,43H,4-16,18,20-42H2,1-3H3/b19-17-. The summed E-state index contributed by atoms with van der Waals surface area (Å²) in [6.07, 6.45) is 43.5. The van der Waals surface area contributed by atoms with Gasteiger partial charge in [0.15, 0.2) is 6.10 Å². The lowest BCUT2D eigenvalue weighted by Gasteiger charge is -2.18. The van der Waals surface area contributed by atoms with Crippen molar-refractivity contribution < 1.29 is 28.6 Å². The van der Waals surface area contributed by atoms with Gasteiger partial charge in [-0.05, 0) is 44.9 Å². The van der Waals surface area contributed by atoms with Crippen molar-refractivity contribution in [3.63, 3.8) is 0 Å². The molecule has 0 rings (SSSR count). The third-order valence-electron chi connectivity index (χ3n) is 10.0. The first kappa shape index (κ1) is 50.1. The predicted octanol–water partition coefficient (Wildman–Crippen LogP) is 14.3. The second kappa shape index (κ2) is 41.9. The fraction of sp³-hybridized carbons (Fsp3) is 0.891. The van der Waals surface area contributed by atoms with Crippen LogP contribution in [0.25, 0.3) is 0 Å². The van der Waals surface area contributed by atoms with Crippen LogP contribution >= 0.6 is 0 Å². The van der Waals surface area contributed by atoms with Crippen molar-refractivity contribution in [1.82, 2.24) is 0 Å². The topological polar surface area (TPSA) is 78.9 Å². The summed E-state index contributed by atoms with van der Waals surface area (Å²) >= 11 is 0. The molecule has 0 bridgehead atoms. The second-order valence-corrected chi connectivity index (χ2v) is 15.3. The molecule has 52 heavy (non-hydrogen) atoms. The maximum atomic E-state index is 12.6. The van der Waals surface area contributed by atoms with Crippen LogP contribution in [-0.4, -0.2) is 37.2 Å². The monoisotopic (exact) mass is 735 g/mol. The van der Waals surface area contributed by atoms with E-state index in [1.54, 1.807) is 0 Å². The lowest BCUT2D eigenvalue weighted by atomic mass is 10.0. The molecule has 0 fully saturated rings. The first-order chi connectivity index (χ1) is 25.5. The first-order valence-corrected chi connectivity index (χ1v) is 22.7. The van der Waals surface area contributed by atoms with Gasteiger partial charge in [-0.1, -0.05) is 193 Å². The maximum absolute atomic E-state index is 12.6. The Morgan fingerprint density at radius 2 is 0.635 bits per heavy atom. The van der Waals surface area contributed by atoms with Crippen molar-refractivity contribution in [3.05, 3.63) is 12.2 Å². The lowest BCUT2D eigenvalue weighted by molar-refractivity contribution is -0.167. The molecule has 1 unspecified atom stereocenters. The Hall–Kier alpha value is -1.85. The largest absolute Gasteiger partial charge is 0.462 e. The normalized spacial score (nSPS) is 12.0. The van der Waals surface area contributed by atoms with Gasteiger partial charge in [-0.2, -0.15) is 0 Å². The van der Waals surface area contributed by atoms with Crippen molar-refractivity contribution in [3.8, 4) is 0 Å². The van der Waals surface area contributed by atoms with Gasteiger partial charge in [0.05, 0.1) is 0 Å². The Morgan fingerprint density at radius 1 is 0.365 bits per heavy atom. The van der Waals surface area contributed by atoms with Gasteiger partial charge in [-0.25, -0.2) is 0 Å². The molecule has 0 spiro atoms. The molecule has 306 valence electrons. The number of allylic oxidation sites excluding steroid dienone is 2. The highest BCUT2D eigenvalue weighted by Crippen LogP contribution is 2.15. The quantitative estimate of drug-likeness (QED) is 0.0269. The fourth-order valence-corrected chi connectivity index (χ4v) is 6.55. The van der Waals surface area contributed by atoms with E-state index in [0.29, 0.717) is 19.3 Å². The van der Waals surface area contributed by atoms with Gasteiger partial charge in [0.25, 0.3) is 0 Å². The van der Waals surface area contributed by atoms with E-state index in [2.05, 4.69) is 32.9 Å². The number of hydrogen-bond donors (Lipinski definition) is 0. The molecule has 0 amide bonds. The van der Waals surface area contributed by atoms with Crippen LogP contribution < -0.4 is 0 Å². The molecule has 0 heterocycles. The number of rotatable bonds is 41. The summed E-state index contributed by atoms with van der Waals surface area (Å²) in [7, 11) is 0. The van der Waals surface area contributed by atoms with Crippen LogP contribution in [0.1, 0.15) is 245 Å². The highest BCUT2D eigenvalue weighted by molar-refractivity contribution is 5.71. The van der Waals surface area contributed by atoms with E-state index < -0.39 is 6.10 Å². The molecule has 0 aliphatic heterocycles. The molecule has 6 nitrogen and oxygen atoms in total.